The topological polar surface area (TPSA) is 3.24 Å². The Kier molecular flexibility index (Phi) is 7.33. The van der Waals surface area contributed by atoms with Crippen molar-refractivity contribution in [3.63, 3.8) is 0 Å². The van der Waals surface area contributed by atoms with Gasteiger partial charge in [0.25, 0.3) is 0 Å². The van der Waals surface area contributed by atoms with Gasteiger partial charge in [-0.25, -0.2) is 0 Å². The van der Waals surface area contributed by atoms with Crippen LogP contribution in [0.4, 0.5) is 17.1 Å². The monoisotopic (exact) mass is 717 g/mol. The van der Waals surface area contributed by atoms with E-state index in [0.29, 0.717) is 0 Å². The van der Waals surface area contributed by atoms with Gasteiger partial charge in [0.15, 0.2) is 0 Å². The van der Waals surface area contributed by atoms with Gasteiger partial charge in [-0.05, 0) is 110 Å². The summed E-state index contributed by atoms with van der Waals surface area (Å²) in [4.78, 5) is 2.37. The van der Waals surface area contributed by atoms with Gasteiger partial charge in [-0.1, -0.05) is 158 Å². The highest BCUT2D eigenvalue weighted by Gasteiger charge is 2.46. The van der Waals surface area contributed by atoms with Crippen molar-refractivity contribution in [1.82, 2.24) is 0 Å². The number of nitrogens with zero attached hydrogens (tertiary/aromatic N) is 1. The Morgan fingerprint density at radius 1 is 0.364 bits per heavy atom. The Balaban J connectivity index is 1.05. The molecule has 11 rings (SSSR count). The van der Waals surface area contributed by atoms with Crippen LogP contribution in [0.1, 0.15) is 22.3 Å². The number of hydrogen-bond acceptors (Lipinski definition) is 2. The van der Waals surface area contributed by atoms with Gasteiger partial charge in [0, 0.05) is 37.2 Å². The van der Waals surface area contributed by atoms with Gasteiger partial charge in [-0.15, -0.1) is 11.3 Å². The zero-order chi connectivity index (χ0) is 36.3. The van der Waals surface area contributed by atoms with E-state index < -0.39 is 5.41 Å². The molecule has 55 heavy (non-hydrogen) atoms. The van der Waals surface area contributed by atoms with Crippen LogP contribution >= 0.6 is 11.3 Å². The fourth-order valence-electron chi connectivity index (χ4n) is 9.09. The van der Waals surface area contributed by atoms with Crippen LogP contribution in [0.5, 0.6) is 0 Å². The Morgan fingerprint density at radius 2 is 0.927 bits per heavy atom. The molecule has 0 N–H and O–H groups in total. The van der Waals surface area contributed by atoms with Crippen molar-refractivity contribution in [1.29, 1.82) is 0 Å². The molecule has 2 heteroatoms. The summed E-state index contributed by atoms with van der Waals surface area (Å²) in [6.07, 6.45) is 0. The maximum atomic E-state index is 2.43. The average molecular weight is 718 g/mol. The van der Waals surface area contributed by atoms with E-state index in [2.05, 4.69) is 217 Å². The van der Waals surface area contributed by atoms with Crippen LogP contribution in [-0.4, -0.2) is 0 Å². The van der Waals surface area contributed by atoms with Crippen LogP contribution in [0, 0.1) is 0 Å². The molecule has 0 aliphatic heterocycles. The van der Waals surface area contributed by atoms with E-state index in [0.717, 1.165) is 17.1 Å². The molecule has 9 aromatic carbocycles. The van der Waals surface area contributed by atoms with Gasteiger partial charge >= 0.3 is 0 Å². The SMILES string of the molecule is c1ccc(N(c2ccc(-c3cccc4c3sc3ccccc34)cc2)c2ccc(C3(c4ccccc4)c4ccccc4-c4cc5ccccc5cc43)cc2)cc1. The Morgan fingerprint density at radius 3 is 1.71 bits per heavy atom. The van der Waals surface area contributed by atoms with Crippen molar-refractivity contribution in [2.24, 2.45) is 0 Å². The minimum atomic E-state index is -0.470. The molecule has 1 aliphatic carbocycles. The van der Waals surface area contributed by atoms with Crippen molar-refractivity contribution < 1.29 is 0 Å². The molecular formula is C53H35NS. The zero-order valence-electron chi connectivity index (χ0n) is 30.1. The first kappa shape index (κ1) is 31.8. The van der Waals surface area contributed by atoms with Crippen LogP contribution in [0.2, 0.25) is 0 Å². The average Bonchev–Trinajstić information content (AvgIpc) is 3.78. The molecule has 0 radical (unpaired) electrons. The number of thiophene rings is 1. The normalized spacial score (nSPS) is 14.6. The Bertz CT molecular complexity index is 3020. The molecule has 0 bridgehead atoms. The van der Waals surface area contributed by atoms with Crippen molar-refractivity contribution in [2.75, 3.05) is 4.90 Å². The number of benzene rings is 9. The van der Waals surface area contributed by atoms with Crippen LogP contribution in [0.3, 0.4) is 0 Å². The first-order valence-electron chi connectivity index (χ1n) is 18.9. The second-order valence-electron chi connectivity index (χ2n) is 14.5. The first-order valence-corrected chi connectivity index (χ1v) is 19.7. The molecule has 1 atom stereocenters. The third-order valence-corrected chi connectivity index (χ3v) is 12.8. The number of hydrogen-bond donors (Lipinski definition) is 0. The molecule has 1 aromatic heterocycles. The summed E-state index contributed by atoms with van der Waals surface area (Å²) in [7, 11) is 0. The summed E-state index contributed by atoms with van der Waals surface area (Å²) in [5, 5.41) is 5.17. The molecule has 1 nitrogen and oxygen atoms in total. The summed E-state index contributed by atoms with van der Waals surface area (Å²) < 4.78 is 2.66. The summed E-state index contributed by atoms with van der Waals surface area (Å²) in [5.74, 6) is 0. The number of rotatable bonds is 6. The van der Waals surface area contributed by atoms with Gasteiger partial charge in [-0.3, -0.25) is 0 Å². The standard InChI is InChI=1S/C53H35NS/c1-3-16-39(17-4-1)53(49-24-11-9-20-45(49)48-34-37-14-7-8-15-38(37)35-50(48)53)40-28-32-43(33-29-40)54(41-18-5-2-6-19-41)42-30-26-36(27-31-42)44-22-13-23-47-46-21-10-12-25-51(46)55-52(44)47/h1-35H. The minimum Gasteiger partial charge on any atom is -0.311 e. The molecule has 258 valence electrons. The zero-order valence-corrected chi connectivity index (χ0v) is 30.9. The molecular weight excluding hydrogens is 683 g/mol. The predicted octanol–water partition coefficient (Wildman–Crippen LogP) is 14.7. The van der Waals surface area contributed by atoms with Crippen molar-refractivity contribution in [3.8, 4) is 22.3 Å². The number of anilines is 3. The lowest BCUT2D eigenvalue weighted by molar-refractivity contribution is 0.769. The lowest BCUT2D eigenvalue weighted by Gasteiger charge is -2.34. The third kappa shape index (κ3) is 4.92. The lowest BCUT2D eigenvalue weighted by Crippen LogP contribution is -2.28. The third-order valence-electron chi connectivity index (χ3n) is 11.5. The molecule has 1 unspecified atom stereocenters. The molecule has 10 aromatic rings. The molecule has 0 saturated carbocycles. The second kappa shape index (κ2) is 12.7. The fourth-order valence-corrected chi connectivity index (χ4v) is 10.3. The summed E-state index contributed by atoms with van der Waals surface area (Å²) >= 11 is 1.88. The highest BCUT2D eigenvalue weighted by molar-refractivity contribution is 7.26. The van der Waals surface area contributed by atoms with E-state index in [1.165, 1.54) is 75.5 Å². The van der Waals surface area contributed by atoms with E-state index in [4.69, 9.17) is 0 Å². The number of fused-ring (bicyclic) bond motifs is 7. The molecule has 1 aliphatic rings. The Hall–Kier alpha value is -6.74. The minimum absolute atomic E-state index is 0.470. The summed E-state index contributed by atoms with van der Waals surface area (Å²) in [6, 6.07) is 78.2. The maximum Gasteiger partial charge on any atom is 0.0713 e. The van der Waals surface area contributed by atoms with Crippen LogP contribution in [-0.2, 0) is 5.41 Å². The smallest absolute Gasteiger partial charge is 0.0713 e. The van der Waals surface area contributed by atoms with Crippen molar-refractivity contribution >= 4 is 59.3 Å². The van der Waals surface area contributed by atoms with Gasteiger partial charge in [0.1, 0.15) is 0 Å². The molecule has 1 heterocycles. The van der Waals surface area contributed by atoms with Gasteiger partial charge in [0.2, 0.25) is 0 Å². The van der Waals surface area contributed by atoms with Crippen molar-refractivity contribution in [2.45, 2.75) is 5.41 Å². The summed E-state index contributed by atoms with van der Waals surface area (Å²) in [6.45, 7) is 0. The predicted molar refractivity (Wildman–Crippen MR) is 234 cm³/mol. The molecule has 0 amide bonds. The van der Waals surface area contributed by atoms with Crippen LogP contribution < -0.4 is 4.90 Å². The first-order chi connectivity index (χ1) is 27.3. The van der Waals surface area contributed by atoms with E-state index in [1.807, 2.05) is 11.3 Å². The molecule has 0 saturated heterocycles. The molecule has 0 fully saturated rings. The van der Waals surface area contributed by atoms with E-state index in [-0.39, 0.29) is 0 Å². The maximum absolute atomic E-state index is 2.43. The quantitative estimate of drug-likeness (QED) is 0.166. The van der Waals surface area contributed by atoms with E-state index in [9.17, 15) is 0 Å². The van der Waals surface area contributed by atoms with Gasteiger partial charge < -0.3 is 4.90 Å². The lowest BCUT2D eigenvalue weighted by atomic mass is 9.67. The Labute approximate surface area is 325 Å². The second-order valence-corrected chi connectivity index (χ2v) is 15.5. The highest BCUT2D eigenvalue weighted by Crippen LogP contribution is 2.57. The largest absolute Gasteiger partial charge is 0.311 e. The fraction of sp³-hybridized carbons (Fsp3) is 0.0189. The summed E-state index contributed by atoms with van der Waals surface area (Å²) in [5.41, 5.74) is 13.2. The van der Waals surface area contributed by atoms with Gasteiger partial charge in [0.05, 0.1) is 5.41 Å². The highest BCUT2D eigenvalue weighted by atomic mass is 32.1. The van der Waals surface area contributed by atoms with Crippen molar-refractivity contribution in [3.05, 3.63) is 235 Å². The molecule has 0 spiro atoms. The number of para-hydroxylation sites is 1. The van der Waals surface area contributed by atoms with Crippen LogP contribution in [0.25, 0.3) is 53.2 Å². The van der Waals surface area contributed by atoms with E-state index >= 15 is 0 Å². The van der Waals surface area contributed by atoms with Crippen LogP contribution in [0.15, 0.2) is 212 Å². The van der Waals surface area contributed by atoms with E-state index in [1.54, 1.807) is 0 Å². The van der Waals surface area contributed by atoms with Gasteiger partial charge in [-0.2, -0.15) is 0 Å².